The van der Waals surface area contributed by atoms with Crippen LogP contribution in [0, 0.1) is 0 Å². The Kier molecular flexibility index (Phi) is 6.85. The maximum absolute atomic E-state index is 12.4. The first kappa shape index (κ1) is 19.0. The molecule has 1 aromatic carbocycles. The lowest BCUT2D eigenvalue weighted by molar-refractivity contribution is 0.0953. The average molecular weight is 365 g/mol. The van der Waals surface area contributed by atoms with Gasteiger partial charge in [0.2, 0.25) is 0 Å². The molecule has 0 unspecified atom stereocenters. The summed E-state index contributed by atoms with van der Waals surface area (Å²) in [7, 11) is 0. The normalized spacial score (nSPS) is 13.6. The molecule has 0 fully saturated rings. The topological polar surface area (TPSA) is 63.2 Å². The number of carbonyl (C=O) groups excluding carboxylic acids is 1. The minimum atomic E-state index is -0.0887. The number of benzene rings is 1. The van der Waals surface area contributed by atoms with Crippen LogP contribution >= 0.6 is 0 Å². The van der Waals surface area contributed by atoms with Crippen LogP contribution in [0.1, 0.15) is 49.4 Å². The van der Waals surface area contributed by atoms with Crippen LogP contribution in [-0.4, -0.2) is 24.0 Å². The van der Waals surface area contributed by atoms with Gasteiger partial charge in [0, 0.05) is 18.4 Å². The first-order chi connectivity index (χ1) is 13.2. The lowest BCUT2D eigenvalue weighted by Crippen LogP contribution is -2.25. The number of amides is 1. The number of rotatable bonds is 8. The van der Waals surface area contributed by atoms with Crippen LogP contribution in [0.3, 0.4) is 0 Å². The van der Waals surface area contributed by atoms with E-state index in [2.05, 4.69) is 21.7 Å². The third-order valence-corrected chi connectivity index (χ3v) is 4.57. The number of nitrogens with zero attached hydrogens (tertiary/aromatic N) is 1. The third-order valence-electron chi connectivity index (χ3n) is 4.57. The molecule has 0 radical (unpaired) electrons. The van der Waals surface area contributed by atoms with Crippen molar-refractivity contribution in [1.82, 2.24) is 10.3 Å². The molecule has 0 saturated carbocycles. The minimum Gasteiger partial charge on any atom is -0.494 e. The Morgan fingerprint density at radius 1 is 1.15 bits per heavy atom. The van der Waals surface area contributed by atoms with Crippen molar-refractivity contribution >= 4 is 17.3 Å². The molecule has 1 aliphatic rings. The molecular formula is C22H27N3O2. The predicted octanol–water partition coefficient (Wildman–Crippen LogP) is 4.84. The molecule has 5 heteroatoms. The Bertz CT molecular complexity index is 784. The number of allylic oxidation sites excluding steroid dienone is 1. The molecule has 3 rings (SSSR count). The number of aromatic nitrogens is 1. The van der Waals surface area contributed by atoms with Crippen LogP contribution < -0.4 is 15.4 Å². The fraction of sp³-hybridized carbons (Fsp3) is 0.364. The van der Waals surface area contributed by atoms with Crippen molar-refractivity contribution in [3.05, 3.63) is 59.9 Å². The highest BCUT2D eigenvalue weighted by molar-refractivity contribution is 5.94. The van der Waals surface area contributed by atoms with E-state index in [4.69, 9.17) is 4.74 Å². The lowest BCUT2D eigenvalue weighted by Gasteiger charge is -2.13. The summed E-state index contributed by atoms with van der Waals surface area (Å²) in [6, 6.07) is 9.52. The van der Waals surface area contributed by atoms with Crippen LogP contribution in [0.25, 0.3) is 0 Å². The first-order valence-corrected chi connectivity index (χ1v) is 9.65. The number of pyridine rings is 1. The van der Waals surface area contributed by atoms with Crippen LogP contribution in [0.15, 0.2) is 54.4 Å². The standard InChI is InChI=1S/C22H27N3O2/c1-2-27-21-10-8-19(9-11-21)25-20-14-18(15-23-16-20)22(26)24-13-12-17-6-4-3-5-7-17/h6,8-11,14-16,25H,2-5,7,12-13H2,1H3,(H,24,26). The zero-order valence-electron chi connectivity index (χ0n) is 15.8. The van der Waals surface area contributed by atoms with E-state index in [1.165, 1.54) is 31.3 Å². The number of carbonyl (C=O) groups is 1. The summed E-state index contributed by atoms with van der Waals surface area (Å²) in [4.78, 5) is 16.6. The molecule has 1 aliphatic carbocycles. The Morgan fingerprint density at radius 2 is 2.00 bits per heavy atom. The van der Waals surface area contributed by atoms with E-state index in [1.54, 1.807) is 12.4 Å². The van der Waals surface area contributed by atoms with Crippen molar-refractivity contribution < 1.29 is 9.53 Å². The molecule has 0 aliphatic heterocycles. The van der Waals surface area contributed by atoms with Crippen molar-refractivity contribution in [2.24, 2.45) is 0 Å². The summed E-state index contributed by atoms with van der Waals surface area (Å²) in [6.45, 7) is 3.27. The van der Waals surface area contributed by atoms with Crippen LogP contribution in [0.4, 0.5) is 11.4 Å². The molecular weight excluding hydrogens is 338 g/mol. The third kappa shape index (κ3) is 5.84. The number of hydrogen-bond donors (Lipinski definition) is 2. The Hall–Kier alpha value is -2.82. The highest BCUT2D eigenvalue weighted by atomic mass is 16.5. The second-order valence-corrected chi connectivity index (χ2v) is 6.66. The number of hydrogen-bond acceptors (Lipinski definition) is 4. The molecule has 0 bridgehead atoms. The van der Waals surface area contributed by atoms with Gasteiger partial charge in [-0.25, -0.2) is 0 Å². The molecule has 142 valence electrons. The smallest absolute Gasteiger partial charge is 0.252 e. The average Bonchev–Trinajstić information content (AvgIpc) is 2.71. The highest BCUT2D eigenvalue weighted by Crippen LogP contribution is 2.21. The summed E-state index contributed by atoms with van der Waals surface area (Å²) < 4.78 is 5.45. The maximum Gasteiger partial charge on any atom is 0.252 e. The van der Waals surface area contributed by atoms with Crippen molar-refractivity contribution in [3.63, 3.8) is 0 Å². The van der Waals surface area contributed by atoms with Gasteiger partial charge < -0.3 is 15.4 Å². The molecule has 27 heavy (non-hydrogen) atoms. The van der Waals surface area contributed by atoms with Gasteiger partial charge in [0.15, 0.2) is 0 Å². The van der Waals surface area contributed by atoms with E-state index < -0.39 is 0 Å². The monoisotopic (exact) mass is 365 g/mol. The quantitative estimate of drug-likeness (QED) is 0.657. The van der Waals surface area contributed by atoms with Gasteiger partial charge in [-0.15, -0.1) is 0 Å². The number of anilines is 2. The second kappa shape index (κ2) is 9.76. The van der Waals surface area contributed by atoms with Crippen molar-refractivity contribution in [3.8, 4) is 5.75 Å². The van der Waals surface area contributed by atoms with Crippen LogP contribution in [0.5, 0.6) is 5.75 Å². The summed E-state index contributed by atoms with van der Waals surface area (Å²) in [5.41, 5.74) is 3.72. The highest BCUT2D eigenvalue weighted by Gasteiger charge is 2.08. The number of ether oxygens (including phenoxy) is 1. The molecule has 1 heterocycles. The van der Waals surface area contributed by atoms with E-state index in [0.717, 1.165) is 23.5 Å². The maximum atomic E-state index is 12.4. The van der Waals surface area contributed by atoms with Crippen LogP contribution in [0.2, 0.25) is 0 Å². The molecule has 0 spiro atoms. The summed E-state index contributed by atoms with van der Waals surface area (Å²) in [6.07, 6.45) is 11.4. The van der Waals surface area contributed by atoms with Gasteiger partial charge in [0.1, 0.15) is 5.75 Å². The summed E-state index contributed by atoms with van der Waals surface area (Å²) in [5.74, 6) is 0.747. The molecule has 1 amide bonds. The largest absolute Gasteiger partial charge is 0.494 e. The zero-order chi connectivity index (χ0) is 18.9. The molecule has 0 atom stereocenters. The molecule has 2 aromatic rings. The Morgan fingerprint density at radius 3 is 2.74 bits per heavy atom. The zero-order valence-corrected chi connectivity index (χ0v) is 15.8. The van der Waals surface area contributed by atoms with Gasteiger partial charge in [-0.1, -0.05) is 11.6 Å². The SMILES string of the molecule is CCOc1ccc(Nc2cncc(C(=O)NCCC3=CCCCC3)c2)cc1. The molecule has 2 N–H and O–H groups in total. The summed E-state index contributed by atoms with van der Waals surface area (Å²) in [5, 5.41) is 6.26. The van der Waals surface area contributed by atoms with E-state index in [9.17, 15) is 4.79 Å². The van der Waals surface area contributed by atoms with Crippen molar-refractivity contribution in [2.75, 3.05) is 18.5 Å². The Labute approximate surface area is 160 Å². The van der Waals surface area contributed by atoms with Crippen molar-refractivity contribution in [2.45, 2.75) is 39.0 Å². The van der Waals surface area contributed by atoms with E-state index in [0.29, 0.717) is 18.7 Å². The van der Waals surface area contributed by atoms with E-state index in [1.807, 2.05) is 37.3 Å². The van der Waals surface area contributed by atoms with Gasteiger partial charge >= 0.3 is 0 Å². The van der Waals surface area contributed by atoms with E-state index >= 15 is 0 Å². The van der Waals surface area contributed by atoms with Gasteiger partial charge in [0.05, 0.1) is 24.1 Å². The van der Waals surface area contributed by atoms with Crippen molar-refractivity contribution in [1.29, 1.82) is 0 Å². The predicted molar refractivity (Wildman–Crippen MR) is 109 cm³/mol. The molecule has 5 nitrogen and oxygen atoms in total. The van der Waals surface area contributed by atoms with Gasteiger partial charge in [-0.3, -0.25) is 9.78 Å². The lowest BCUT2D eigenvalue weighted by atomic mass is 9.97. The number of nitrogens with one attached hydrogen (secondary N) is 2. The fourth-order valence-electron chi connectivity index (χ4n) is 3.17. The van der Waals surface area contributed by atoms with Gasteiger partial charge in [0.25, 0.3) is 5.91 Å². The minimum absolute atomic E-state index is 0.0887. The summed E-state index contributed by atoms with van der Waals surface area (Å²) >= 11 is 0. The molecule has 0 saturated heterocycles. The van der Waals surface area contributed by atoms with E-state index in [-0.39, 0.29) is 5.91 Å². The second-order valence-electron chi connectivity index (χ2n) is 6.66. The Balaban J connectivity index is 1.54. The van der Waals surface area contributed by atoms with Crippen LogP contribution in [-0.2, 0) is 0 Å². The first-order valence-electron chi connectivity index (χ1n) is 9.65. The van der Waals surface area contributed by atoms with Gasteiger partial charge in [-0.05, 0) is 69.4 Å². The molecule has 1 aromatic heterocycles. The van der Waals surface area contributed by atoms with Gasteiger partial charge in [-0.2, -0.15) is 0 Å². The fourth-order valence-corrected chi connectivity index (χ4v) is 3.17.